The molecule has 1 atom stereocenters. The summed E-state index contributed by atoms with van der Waals surface area (Å²) in [7, 11) is 0. The van der Waals surface area contributed by atoms with E-state index in [1.165, 1.54) is 25.8 Å². The van der Waals surface area contributed by atoms with Crippen molar-refractivity contribution in [3.8, 4) is 0 Å². The van der Waals surface area contributed by atoms with Crippen LogP contribution in [0.4, 0.5) is 10.1 Å². The third-order valence-corrected chi connectivity index (χ3v) is 4.40. The summed E-state index contributed by atoms with van der Waals surface area (Å²) in [6.45, 7) is 4.07. The number of fused-ring (bicyclic) bond motifs is 1. The van der Waals surface area contributed by atoms with Gasteiger partial charge in [-0.3, -0.25) is 4.90 Å². The van der Waals surface area contributed by atoms with Crippen LogP contribution < -0.4 is 4.90 Å². The van der Waals surface area contributed by atoms with E-state index < -0.39 is 0 Å². The Labute approximate surface area is 112 Å². The molecule has 98 valence electrons. The molecule has 2 aliphatic heterocycles. The molecule has 1 aromatic carbocycles. The van der Waals surface area contributed by atoms with E-state index in [-0.39, 0.29) is 10.8 Å². The van der Waals surface area contributed by atoms with E-state index in [0.717, 1.165) is 19.6 Å². The fraction of sp³-hybridized carbons (Fsp3) is 0.571. The molecule has 2 fully saturated rings. The minimum Gasteiger partial charge on any atom is -0.366 e. The molecule has 2 nitrogen and oxygen atoms in total. The van der Waals surface area contributed by atoms with Gasteiger partial charge in [0, 0.05) is 25.7 Å². The second-order valence-electron chi connectivity index (χ2n) is 5.20. The number of piperidine rings is 1. The number of rotatable bonds is 1. The summed E-state index contributed by atoms with van der Waals surface area (Å²) in [5, 5.41) is 0.221. The summed E-state index contributed by atoms with van der Waals surface area (Å²) in [6, 6.07) is 5.86. The maximum atomic E-state index is 14.0. The molecule has 1 aromatic rings. The summed E-state index contributed by atoms with van der Waals surface area (Å²) in [4.78, 5) is 4.69. The van der Waals surface area contributed by atoms with Crippen LogP contribution in [0.5, 0.6) is 0 Å². The van der Waals surface area contributed by atoms with Crippen LogP contribution in [0.25, 0.3) is 0 Å². The standard InChI is InChI=1S/C14H18ClFN2/c15-12-5-3-6-13(14(12)16)18-9-8-17-7-2-1-4-11(17)10-18/h3,5-6,11H,1-2,4,7-10H2. The first-order valence-electron chi connectivity index (χ1n) is 6.69. The normalized spacial score (nSPS) is 25.0. The lowest BCUT2D eigenvalue weighted by Gasteiger charge is -2.45. The number of halogens is 2. The number of piperazine rings is 1. The van der Waals surface area contributed by atoms with E-state index in [4.69, 9.17) is 11.6 Å². The zero-order valence-electron chi connectivity index (χ0n) is 10.4. The van der Waals surface area contributed by atoms with Crippen molar-refractivity contribution < 1.29 is 4.39 Å². The molecule has 18 heavy (non-hydrogen) atoms. The largest absolute Gasteiger partial charge is 0.366 e. The lowest BCUT2D eigenvalue weighted by atomic mass is 9.99. The number of hydrogen-bond donors (Lipinski definition) is 0. The summed E-state index contributed by atoms with van der Waals surface area (Å²) in [6.07, 6.45) is 3.84. The number of anilines is 1. The predicted octanol–water partition coefficient (Wildman–Crippen LogP) is 3.15. The molecular weight excluding hydrogens is 251 g/mol. The van der Waals surface area contributed by atoms with E-state index in [9.17, 15) is 4.39 Å². The van der Waals surface area contributed by atoms with Gasteiger partial charge in [0.1, 0.15) is 0 Å². The van der Waals surface area contributed by atoms with Crippen molar-refractivity contribution in [1.29, 1.82) is 0 Å². The molecule has 0 aromatic heterocycles. The average molecular weight is 269 g/mol. The van der Waals surface area contributed by atoms with Crippen LogP contribution in [0.1, 0.15) is 19.3 Å². The van der Waals surface area contributed by atoms with Crippen LogP contribution >= 0.6 is 11.6 Å². The van der Waals surface area contributed by atoms with E-state index in [0.29, 0.717) is 11.7 Å². The smallest absolute Gasteiger partial charge is 0.165 e. The predicted molar refractivity (Wildman–Crippen MR) is 72.8 cm³/mol. The fourth-order valence-electron chi connectivity index (χ4n) is 3.11. The van der Waals surface area contributed by atoms with Crippen LogP contribution in [0.2, 0.25) is 5.02 Å². The van der Waals surface area contributed by atoms with Crippen LogP contribution in [-0.2, 0) is 0 Å². The Morgan fingerprint density at radius 1 is 1.17 bits per heavy atom. The summed E-state index contributed by atoms with van der Waals surface area (Å²) in [5.41, 5.74) is 0.660. The minimum absolute atomic E-state index is 0.221. The first-order chi connectivity index (χ1) is 8.75. The van der Waals surface area contributed by atoms with Gasteiger partial charge in [-0.05, 0) is 31.5 Å². The molecule has 1 unspecified atom stereocenters. The molecule has 0 bridgehead atoms. The zero-order chi connectivity index (χ0) is 12.5. The van der Waals surface area contributed by atoms with E-state index in [1.54, 1.807) is 6.07 Å². The zero-order valence-corrected chi connectivity index (χ0v) is 11.2. The quantitative estimate of drug-likeness (QED) is 0.772. The Hall–Kier alpha value is -0.800. The highest BCUT2D eigenvalue weighted by atomic mass is 35.5. The van der Waals surface area contributed by atoms with Gasteiger partial charge < -0.3 is 4.90 Å². The lowest BCUT2D eigenvalue weighted by Crippen LogP contribution is -2.55. The van der Waals surface area contributed by atoms with Crippen LogP contribution in [0.15, 0.2) is 18.2 Å². The van der Waals surface area contributed by atoms with Crippen LogP contribution in [0, 0.1) is 5.82 Å². The van der Waals surface area contributed by atoms with Gasteiger partial charge in [0.05, 0.1) is 10.7 Å². The summed E-state index contributed by atoms with van der Waals surface area (Å²) in [5.74, 6) is -0.275. The molecule has 0 N–H and O–H groups in total. The Morgan fingerprint density at radius 2 is 2.06 bits per heavy atom. The molecule has 0 amide bonds. The van der Waals surface area contributed by atoms with Gasteiger partial charge in [-0.15, -0.1) is 0 Å². The second-order valence-corrected chi connectivity index (χ2v) is 5.61. The van der Waals surface area contributed by atoms with Gasteiger partial charge in [0.2, 0.25) is 0 Å². The molecule has 0 radical (unpaired) electrons. The molecule has 2 aliphatic rings. The van der Waals surface area contributed by atoms with Gasteiger partial charge in [0.15, 0.2) is 5.82 Å². The molecule has 2 saturated heterocycles. The van der Waals surface area contributed by atoms with E-state index >= 15 is 0 Å². The monoisotopic (exact) mass is 268 g/mol. The first kappa shape index (κ1) is 12.2. The maximum absolute atomic E-state index is 14.0. The number of benzene rings is 1. The summed E-state index contributed by atoms with van der Waals surface area (Å²) < 4.78 is 14.0. The highest BCUT2D eigenvalue weighted by molar-refractivity contribution is 6.31. The number of nitrogens with zero attached hydrogens (tertiary/aromatic N) is 2. The van der Waals surface area contributed by atoms with E-state index in [2.05, 4.69) is 9.80 Å². The lowest BCUT2D eigenvalue weighted by molar-refractivity contribution is 0.133. The Morgan fingerprint density at radius 3 is 2.94 bits per heavy atom. The van der Waals surface area contributed by atoms with Gasteiger partial charge in [-0.1, -0.05) is 24.1 Å². The van der Waals surface area contributed by atoms with Crippen LogP contribution in [-0.4, -0.2) is 37.1 Å². The second kappa shape index (κ2) is 5.06. The van der Waals surface area contributed by atoms with Crippen molar-refractivity contribution in [2.75, 3.05) is 31.1 Å². The number of hydrogen-bond acceptors (Lipinski definition) is 2. The van der Waals surface area contributed by atoms with Crippen molar-refractivity contribution in [2.45, 2.75) is 25.3 Å². The molecular formula is C14H18ClFN2. The van der Waals surface area contributed by atoms with Crippen molar-refractivity contribution >= 4 is 17.3 Å². The summed E-state index contributed by atoms with van der Waals surface area (Å²) >= 11 is 5.86. The third kappa shape index (κ3) is 2.21. The van der Waals surface area contributed by atoms with E-state index in [1.807, 2.05) is 12.1 Å². The molecule has 0 spiro atoms. The average Bonchev–Trinajstić information content (AvgIpc) is 2.41. The van der Waals surface area contributed by atoms with Gasteiger partial charge >= 0.3 is 0 Å². The Kier molecular flexibility index (Phi) is 3.44. The molecule has 4 heteroatoms. The topological polar surface area (TPSA) is 6.48 Å². The van der Waals surface area contributed by atoms with Crippen molar-refractivity contribution in [1.82, 2.24) is 4.90 Å². The van der Waals surface area contributed by atoms with Gasteiger partial charge in [-0.2, -0.15) is 0 Å². The highest BCUT2D eigenvalue weighted by Crippen LogP contribution is 2.29. The van der Waals surface area contributed by atoms with Crippen molar-refractivity contribution in [3.05, 3.63) is 29.0 Å². The van der Waals surface area contributed by atoms with Gasteiger partial charge in [-0.25, -0.2) is 4.39 Å². The molecule has 0 saturated carbocycles. The highest BCUT2D eigenvalue weighted by Gasteiger charge is 2.30. The maximum Gasteiger partial charge on any atom is 0.165 e. The van der Waals surface area contributed by atoms with Crippen molar-refractivity contribution in [2.24, 2.45) is 0 Å². The van der Waals surface area contributed by atoms with Crippen molar-refractivity contribution in [3.63, 3.8) is 0 Å². The minimum atomic E-state index is -0.275. The Bertz CT molecular complexity index is 438. The Balaban J connectivity index is 1.79. The third-order valence-electron chi connectivity index (χ3n) is 4.11. The first-order valence-corrected chi connectivity index (χ1v) is 7.06. The fourth-order valence-corrected chi connectivity index (χ4v) is 3.28. The van der Waals surface area contributed by atoms with Crippen LogP contribution in [0.3, 0.4) is 0 Å². The molecule has 0 aliphatic carbocycles. The van der Waals surface area contributed by atoms with Gasteiger partial charge in [0.25, 0.3) is 0 Å². The molecule has 3 rings (SSSR count). The molecule has 2 heterocycles. The SMILES string of the molecule is Fc1c(Cl)cccc1N1CCN2CCCCC2C1.